The minimum atomic E-state index is 0.415. The zero-order valence-corrected chi connectivity index (χ0v) is 7.95. The fraction of sp³-hybridized carbons (Fsp3) is 0.273. The van der Waals surface area contributed by atoms with Crippen LogP contribution in [0.4, 0.5) is 0 Å². The Balaban J connectivity index is 2.49. The number of oxazole rings is 1. The highest BCUT2D eigenvalue weighted by atomic mass is 16.3. The van der Waals surface area contributed by atoms with E-state index < -0.39 is 0 Å². The van der Waals surface area contributed by atoms with Crippen LogP contribution in [-0.2, 0) is 12.8 Å². The third-order valence-corrected chi connectivity index (χ3v) is 2.08. The number of hydrogen-bond acceptors (Lipinski definition) is 3. The van der Waals surface area contributed by atoms with Crippen LogP contribution < -0.4 is 0 Å². The zero-order chi connectivity index (χ0) is 9.97. The van der Waals surface area contributed by atoms with E-state index in [1.54, 1.807) is 0 Å². The quantitative estimate of drug-likeness (QED) is 0.723. The van der Waals surface area contributed by atoms with E-state index in [1.807, 2.05) is 25.1 Å². The van der Waals surface area contributed by atoms with Crippen LogP contribution >= 0.6 is 0 Å². The van der Waals surface area contributed by atoms with Gasteiger partial charge in [0.25, 0.3) is 0 Å². The molecule has 0 atom stereocenters. The molecule has 0 bridgehead atoms. The van der Waals surface area contributed by atoms with E-state index in [2.05, 4.69) is 11.1 Å². The molecule has 0 aliphatic carbocycles. The highest BCUT2D eigenvalue weighted by Gasteiger charge is 2.04. The van der Waals surface area contributed by atoms with Crippen molar-refractivity contribution in [1.82, 2.24) is 4.98 Å². The number of aromatic nitrogens is 1. The van der Waals surface area contributed by atoms with Crippen molar-refractivity contribution < 1.29 is 4.42 Å². The van der Waals surface area contributed by atoms with Crippen molar-refractivity contribution in [3.05, 3.63) is 29.7 Å². The number of benzene rings is 1. The summed E-state index contributed by atoms with van der Waals surface area (Å²) in [7, 11) is 0. The predicted octanol–water partition coefficient (Wildman–Crippen LogP) is 2.46. The summed E-state index contributed by atoms with van der Waals surface area (Å²) in [6.45, 7) is 2.00. The Morgan fingerprint density at radius 1 is 1.50 bits per heavy atom. The lowest BCUT2D eigenvalue weighted by Crippen LogP contribution is -1.79. The predicted molar refractivity (Wildman–Crippen MR) is 52.7 cm³/mol. The van der Waals surface area contributed by atoms with E-state index in [0.717, 1.165) is 29.0 Å². The third kappa shape index (κ3) is 1.47. The minimum Gasteiger partial charge on any atom is -0.441 e. The van der Waals surface area contributed by atoms with Crippen molar-refractivity contribution in [1.29, 1.82) is 5.26 Å². The highest BCUT2D eigenvalue weighted by Crippen LogP contribution is 2.17. The van der Waals surface area contributed by atoms with Crippen LogP contribution in [0.25, 0.3) is 11.1 Å². The molecule has 3 nitrogen and oxygen atoms in total. The monoisotopic (exact) mass is 186 g/mol. The van der Waals surface area contributed by atoms with Gasteiger partial charge in [-0.25, -0.2) is 4.98 Å². The molecule has 70 valence electrons. The number of hydrogen-bond donors (Lipinski definition) is 0. The number of aryl methyl sites for hydroxylation is 1. The minimum absolute atomic E-state index is 0.415. The van der Waals surface area contributed by atoms with Crippen molar-refractivity contribution in [3.63, 3.8) is 0 Å². The van der Waals surface area contributed by atoms with Gasteiger partial charge in [0, 0.05) is 6.42 Å². The molecule has 1 heterocycles. The summed E-state index contributed by atoms with van der Waals surface area (Å²) in [4.78, 5) is 4.28. The molecule has 0 aliphatic heterocycles. The second kappa shape index (κ2) is 3.51. The molecule has 0 spiro atoms. The maximum absolute atomic E-state index is 8.55. The first-order valence-electron chi connectivity index (χ1n) is 4.58. The third-order valence-electron chi connectivity index (χ3n) is 2.08. The average molecular weight is 186 g/mol. The molecule has 3 heteroatoms. The lowest BCUT2D eigenvalue weighted by Gasteiger charge is -1.91. The van der Waals surface area contributed by atoms with Crippen molar-refractivity contribution in [2.45, 2.75) is 19.8 Å². The van der Waals surface area contributed by atoms with Gasteiger partial charge in [0.1, 0.15) is 5.52 Å². The second-order valence-corrected chi connectivity index (χ2v) is 3.10. The van der Waals surface area contributed by atoms with Crippen LogP contribution in [0.15, 0.2) is 22.6 Å². The normalized spacial score (nSPS) is 10.3. The first-order chi connectivity index (χ1) is 6.83. The van der Waals surface area contributed by atoms with E-state index in [0.29, 0.717) is 6.42 Å². The van der Waals surface area contributed by atoms with Crippen LogP contribution in [0.1, 0.15) is 18.4 Å². The molecule has 2 rings (SSSR count). The Labute approximate surface area is 82.0 Å². The molecule has 0 fully saturated rings. The Kier molecular flexibility index (Phi) is 2.19. The van der Waals surface area contributed by atoms with Gasteiger partial charge in [-0.15, -0.1) is 0 Å². The smallest absolute Gasteiger partial charge is 0.195 e. The molecule has 0 saturated carbocycles. The molecule has 0 aliphatic rings. The van der Waals surface area contributed by atoms with Gasteiger partial charge >= 0.3 is 0 Å². The number of fused-ring (bicyclic) bond motifs is 1. The highest BCUT2D eigenvalue weighted by molar-refractivity contribution is 5.73. The molecular formula is C11H10N2O. The summed E-state index contributed by atoms with van der Waals surface area (Å²) in [6.07, 6.45) is 1.21. The van der Waals surface area contributed by atoms with Crippen LogP contribution in [-0.4, -0.2) is 4.98 Å². The topological polar surface area (TPSA) is 49.8 Å². The molecular weight excluding hydrogens is 176 g/mol. The van der Waals surface area contributed by atoms with E-state index >= 15 is 0 Å². The van der Waals surface area contributed by atoms with Gasteiger partial charge in [-0.2, -0.15) is 5.26 Å². The van der Waals surface area contributed by atoms with Crippen LogP contribution in [0, 0.1) is 11.3 Å². The number of nitrogens with zero attached hydrogens (tertiary/aromatic N) is 2. The second-order valence-electron chi connectivity index (χ2n) is 3.10. The SMILES string of the molecule is CCc1nc2ccc(CC#N)cc2o1. The van der Waals surface area contributed by atoms with Gasteiger partial charge in [0.05, 0.1) is 12.5 Å². The molecule has 14 heavy (non-hydrogen) atoms. The van der Waals surface area contributed by atoms with E-state index in [9.17, 15) is 0 Å². The zero-order valence-electron chi connectivity index (χ0n) is 7.95. The summed E-state index contributed by atoms with van der Waals surface area (Å²) in [5, 5.41) is 8.55. The molecule has 0 amide bonds. The largest absolute Gasteiger partial charge is 0.441 e. The van der Waals surface area contributed by atoms with Crippen LogP contribution in [0.5, 0.6) is 0 Å². The maximum Gasteiger partial charge on any atom is 0.195 e. The lowest BCUT2D eigenvalue weighted by atomic mass is 10.1. The molecule has 0 radical (unpaired) electrons. The van der Waals surface area contributed by atoms with Crippen LogP contribution in [0.3, 0.4) is 0 Å². The number of rotatable bonds is 2. The molecule has 0 saturated heterocycles. The molecule has 0 unspecified atom stereocenters. The first kappa shape index (κ1) is 8.76. The Bertz CT molecular complexity index is 493. The van der Waals surface area contributed by atoms with Crippen molar-refractivity contribution in [3.8, 4) is 6.07 Å². The van der Waals surface area contributed by atoms with E-state index in [-0.39, 0.29) is 0 Å². The maximum atomic E-state index is 8.55. The summed E-state index contributed by atoms with van der Waals surface area (Å²) < 4.78 is 5.48. The van der Waals surface area contributed by atoms with Gasteiger partial charge in [0.15, 0.2) is 11.5 Å². The van der Waals surface area contributed by atoms with Gasteiger partial charge in [-0.3, -0.25) is 0 Å². The molecule has 1 aromatic heterocycles. The average Bonchev–Trinajstić information content (AvgIpc) is 2.60. The fourth-order valence-corrected chi connectivity index (χ4v) is 1.37. The summed E-state index contributed by atoms with van der Waals surface area (Å²) in [5.41, 5.74) is 2.61. The van der Waals surface area contributed by atoms with Crippen molar-refractivity contribution in [2.75, 3.05) is 0 Å². The Hall–Kier alpha value is -1.82. The van der Waals surface area contributed by atoms with Crippen molar-refractivity contribution in [2.24, 2.45) is 0 Å². The lowest BCUT2D eigenvalue weighted by molar-refractivity contribution is 0.538. The van der Waals surface area contributed by atoms with E-state index in [4.69, 9.17) is 9.68 Å². The summed E-state index contributed by atoms with van der Waals surface area (Å²) in [5.74, 6) is 0.745. The molecule has 0 N–H and O–H groups in total. The fourth-order valence-electron chi connectivity index (χ4n) is 1.37. The van der Waals surface area contributed by atoms with Crippen molar-refractivity contribution >= 4 is 11.1 Å². The van der Waals surface area contributed by atoms with Gasteiger partial charge in [0.2, 0.25) is 0 Å². The first-order valence-corrected chi connectivity index (χ1v) is 4.58. The van der Waals surface area contributed by atoms with Gasteiger partial charge in [-0.1, -0.05) is 13.0 Å². The van der Waals surface area contributed by atoms with E-state index in [1.165, 1.54) is 0 Å². The van der Waals surface area contributed by atoms with Crippen LogP contribution in [0.2, 0.25) is 0 Å². The van der Waals surface area contributed by atoms with Gasteiger partial charge in [-0.05, 0) is 17.7 Å². The molecule has 1 aromatic carbocycles. The van der Waals surface area contributed by atoms with Gasteiger partial charge < -0.3 is 4.42 Å². The standard InChI is InChI=1S/C11H10N2O/c1-2-11-13-9-4-3-8(5-6-12)7-10(9)14-11/h3-4,7H,2,5H2,1H3. The number of nitriles is 1. The summed E-state index contributed by atoms with van der Waals surface area (Å²) >= 11 is 0. The molecule has 2 aromatic rings. The Morgan fingerprint density at radius 2 is 2.36 bits per heavy atom. The Morgan fingerprint density at radius 3 is 3.07 bits per heavy atom. The summed E-state index contributed by atoms with van der Waals surface area (Å²) in [6, 6.07) is 7.79.